The van der Waals surface area contributed by atoms with Crippen molar-refractivity contribution in [2.75, 3.05) is 5.32 Å². The molecule has 98 valence electrons. The van der Waals surface area contributed by atoms with Crippen molar-refractivity contribution in [1.82, 2.24) is 9.97 Å². The summed E-state index contributed by atoms with van der Waals surface area (Å²) in [4.78, 5) is 8.85. The zero-order chi connectivity index (χ0) is 12.4. The van der Waals surface area contributed by atoms with E-state index in [1.54, 1.807) is 6.33 Å². The molecule has 1 N–H and O–H groups in total. The van der Waals surface area contributed by atoms with Crippen molar-refractivity contribution in [1.29, 1.82) is 0 Å². The lowest BCUT2D eigenvalue weighted by atomic mass is 9.84. The fourth-order valence-electron chi connectivity index (χ4n) is 3.45. The van der Waals surface area contributed by atoms with Gasteiger partial charge >= 0.3 is 0 Å². The van der Waals surface area contributed by atoms with Crippen LogP contribution in [0.15, 0.2) is 6.33 Å². The van der Waals surface area contributed by atoms with Crippen molar-refractivity contribution >= 4 is 5.82 Å². The fraction of sp³-hybridized carbons (Fsp3) is 0.733. The summed E-state index contributed by atoms with van der Waals surface area (Å²) < 4.78 is 0. The average molecular weight is 245 g/mol. The minimum atomic E-state index is 0.546. The Bertz CT molecular complexity index is 410. The largest absolute Gasteiger partial charge is 0.367 e. The van der Waals surface area contributed by atoms with Gasteiger partial charge in [0, 0.05) is 17.3 Å². The number of fused-ring (bicyclic) bond motifs is 1. The predicted octanol–water partition coefficient (Wildman–Crippen LogP) is 3.35. The Kier molecular flexibility index (Phi) is 3.48. The standard InChI is InChI=1S/C15H23N3/c1-11(12-6-3-2-4-7-12)18-15-13-8-5-9-14(13)16-10-17-15/h10-12H,2-9H2,1H3,(H,16,17,18). The van der Waals surface area contributed by atoms with Crippen LogP contribution in [0.3, 0.4) is 0 Å². The second-order valence-electron chi connectivity index (χ2n) is 5.83. The number of aryl methyl sites for hydroxylation is 1. The van der Waals surface area contributed by atoms with Crippen molar-refractivity contribution in [3.8, 4) is 0 Å². The summed E-state index contributed by atoms with van der Waals surface area (Å²) in [5.41, 5.74) is 2.64. The SMILES string of the molecule is CC(Nc1ncnc2c1CCC2)C1CCCCC1. The van der Waals surface area contributed by atoms with Crippen LogP contribution in [0.5, 0.6) is 0 Å². The summed E-state index contributed by atoms with van der Waals surface area (Å²) in [6, 6.07) is 0.546. The summed E-state index contributed by atoms with van der Waals surface area (Å²) in [5.74, 6) is 1.93. The van der Waals surface area contributed by atoms with Crippen molar-refractivity contribution < 1.29 is 0 Å². The zero-order valence-corrected chi connectivity index (χ0v) is 11.3. The number of aromatic nitrogens is 2. The van der Waals surface area contributed by atoms with E-state index < -0.39 is 0 Å². The number of hydrogen-bond donors (Lipinski definition) is 1. The Hall–Kier alpha value is -1.12. The molecule has 1 aromatic rings. The van der Waals surface area contributed by atoms with Gasteiger partial charge in [-0.15, -0.1) is 0 Å². The first-order chi connectivity index (χ1) is 8.84. The molecule has 3 rings (SSSR count). The third-order valence-corrected chi connectivity index (χ3v) is 4.60. The Morgan fingerprint density at radius 1 is 1.11 bits per heavy atom. The third-order valence-electron chi connectivity index (χ3n) is 4.60. The van der Waals surface area contributed by atoms with Gasteiger partial charge in [0.1, 0.15) is 12.1 Å². The van der Waals surface area contributed by atoms with Crippen LogP contribution in [-0.4, -0.2) is 16.0 Å². The Balaban J connectivity index is 1.70. The Morgan fingerprint density at radius 3 is 2.78 bits per heavy atom. The smallest absolute Gasteiger partial charge is 0.133 e. The molecule has 0 radical (unpaired) electrons. The molecule has 1 aromatic heterocycles. The summed E-state index contributed by atoms with van der Waals surface area (Å²) in [5, 5.41) is 3.66. The summed E-state index contributed by atoms with van der Waals surface area (Å²) in [6.45, 7) is 2.32. The number of rotatable bonds is 3. The van der Waals surface area contributed by atoms with Gasteiger partial charge in [-0.25, -0.2) is 9.97 Å². The Labute approximate surface area is 109 Å². The molecule has 1 unspecified atom stereocenters. The predicted molar refractivity (Wildman–Crippen MR) is 73.7 cm³/mol. The van der Waals surface area contributed by atoms with Crippen molar-refractivity contribution in [3.63, 3.8) is 0 Å². The minimum absolute atomic E-state index is 0.546. The molecule has 1 saturated carbocycles. The molecule has 0 bridgehead atoms. The molecule has 18 heavy (non-hydrogen) atoms. The van der Waals surface area contributed by atoms with Crippen molar-refractivity contribution in [2.45, 2.75) is 64.3 Å². The highest BCUT2D eigenvalue weighted by atomic mass is 15.0. The second-order valence-corrected chi connectivity index (χ2v) is 5.83. The highest BCUT2D eigenvalue weighted by Gasteiger charge is 2.23. The molecule has 0 amide bonds. The molecule has 0 saturated heterocycles. The van der Waals surface area contributed by atoms with E-state index in [2.05, 4.69) is 22.2 Å². The van der Waals surface area contributed by atoms with Crippen LogP contribution in [0.1, 0.15) is 56.7 Å². The average Bonchev–Trinajstić information content (AvgIpc) is 2.89. The van der Waals surface area contributed by atoms with Gasteiger partial charge in [0.15, 0.2) is 0 Å². The van der Waals surface area contributed by atoms with Crippen LogP contribution in [0.25, 0.3) is 0 Å². The summed E-state index contributed by atoms with van der Waals surface area (Å²) in [7, 11) is 0. The van der Waals surface area contributed by atoms with Gasteiger partial charge in [0.2, 0.25) is 0 Å². The monoisotopic (exact) mass is 245 g/mol. The molecule has 2 aliphatic carbocycles. The third kappa shape index (κ3) is 2.36. The van der Waals surface area contributed by atoms with E-state index in [4.69, 9.17) is 0 Å². The summed E-state index contributed by atoms with van der Waals surface area (Å²) >= 11 is 0. The molecule has 0 aromatic carbocycles. The highest BCUT2D eigenvalue weighted by Crippen LogP contribution is 2.30. The van der Waals surface area contributed by atoms with E-state index in [0.717, 1.165) is 24.6 Å². The molecule has 0 spiro atoms. The molecule has 1 atom stereocenters. The topological polar surface area (TPSA) is 37.8 Å². The molecule has 0 aliphatic heterocycles. The summed E-state index contributed by atoms with van der Waals surface area (Å²) in [6.07, 6.45) is 12.2. The lowest BCUT2D eigenvalue weighted by Crippen LogP contribution is -2.28. The number of nitrogens with zero attached hydrogens (tertiary/aromatic N) is 2. The quantitative estimate of drug-likeness (QED) is 0.887. The molecule has 3 nitrogen and oxygen atoms in total. The van der Waals surface area contributed by atoms with Crippen LogP contribution in [0.4, 0.5) is 5.82 Å². The van der Waals surface area contributed by atoms with Crippen LogP contribution in [0, 0.1) is 5.92 Å². The molecular weight excluding hydrogens is 222 g/mol. The van der Waals surface area contributed by atoms with Crippen LogP contribution >= 0.6 is 0 Å². The van der Waals surface area contributed by atoms with E-state index in [-0.39, 0.29) is 0 Å². The van der Waals surface area contributed by atoms with E-state index in [1.807, 2.05) is 0 Å². The molecule has 1 fully saturated rings. The lowest BCUT2D eigenvalue weighted by Gasteiger charge is -2.29. The zero-order valence-electron chi connectivity index (χ0n) is 11.3. The normalized spacial score (nSPS) is 21.6. The maximum Gasteiger partial charge on any atom is 0.133 e. The first kappa shape index (κ1) is 11.9. The van der Waals surface area contributed by atoms with Gasteiger partial charge in [-0.05, 0) is 44.9 Å². The van der Waals surface area contributed by atoms with Crippen LogP contribution in [0.2, 0.25) is 0 Å². The molecule has 1 heterocycles. The highest BCUT2D eigenvalue weighted by molar-refractivity contribution is 5.48. The van der Waals surface area contributed by atoms with Gasteiger partial charge in [0.05, 0.1) is 0 Å². The lowest BCUT2D eigenvalue weighted by molar-refractivity contribution is 0.328. The fourth-order valence-corrected chi connectivity index (χ4v) is 3.45. The first-order valence-corrected chi connectivity index (χ1v) is 7.44. The maximum atomic E-state index is 4.46. The van der Waals surface area contributed by atoms with Gasteiger partial charge in [0.25, 0.3) is 0 Å². The molecule has 2 aliphatic rings. The van der Waals surface area contributed by atoms with E-state index in [1.165, 1.54) is 49.8 Å². The van der Waals surface area contributed by atoms with Crippen LogP contribution in [-0.2, 0) is 12.8 Å². The molecule has 3 heteroatoms. The molecular formula is C15H23N3. The van der Waals surface area contributed by atoms with E-state index in [9.17, 15) is 0 Å². The van der Waals surface area contributed by atoms with Crippen molar-refractivity contribution in [2.24, 2.45) is 5.92 Å². The number of nitrogens with one attached hydrogen (secondary N) is 1. The minimum Gasteiger partial charge on any atom is -0.367 e. The maximum absolute atomic E-state index is 4.46. The van der Waals surface area contributed by atoms with Gasteiger partial charge in [-0.2, -0.15) is 0 Å². The number of anilines is 1. The van der Waals surface area contributed by atoms with E-state index >= 15 is 0 Å². The van der Waals surface area contributed by atoms with Gasteiger partial charge < -0.3 is 5.32 Å². The van der Waals surface area contributed by atoms with E-state index in [0.29, 0.717) is 6.04 Å². The van der Waals surface area contributed by atoms with Crippen molar-refractivity contribution in [3.05, 3.63) is 17.6 Å². The number of hydrogen-bond acceptors (Lipinski definition) is 3. The van der Waals surface area contributed by atoms with Gasteiger partial charge in [-0.3, -0.25) is 0 Å². The second kappa shape index (κ2) is 5.25. The van der Waals surface area contributed by atoms with Gasteiger partial charge in [-0.1, -0.05) is 19.3 Å². The first-order valence-electron chi connectivity index (χ1n) is 7.44. The Morgan fingerprint density at radius 2 is 1.94 bits per heavy atom. The van der Waals surface area contributed by atoms with Crippen LogP contribution < -0.4 is 5.32 Å².